The predicted octanol–water partition coefficient (Wildman–Crippen LogP) is 3.93. The number of halogens is 3. The van der Waals surface area contributed by atoms with E-state index in [1.54, 1.807) is 31.6 Å². The fourth-order valence-electron chi connectivity index (χ4n) is 3.60. The van der Waals surface area contributed by atoms with Crippen LogP contribution < -0.4 is 5.32 Å². The van der Waals surface area contributed by atoms with Crippen LogP contribution in [-0.4, -0.2) is 58.6 Å². The SMILES string of the molecule is CC.CCc1cnccc1C1=NC(CC(O)CNC)C(=O)N1C1=CCC=C(C(F)(F)F)C=C1. The minimum atomic E-state index is -4.47. The molecule has 1 aliphatic heterocycles. The quantitative estimate of drug-likeness (QED) is 0.641. The lowest BCUT2D eigenvalue weighted by molar-refractivity contribution is -0.126. The Balaban J connectivity index is 0.00000187. The first-order valence-electron chi connectivity index (χ1n) is 11.1. The molecule has 0 radical (unpaired) electrons. The highest BCUT2D eigenvalue weighted by Gasteiger charge is 2.39. The van der Waals surface area contributed by atoms with Gasteiger partial charge < -0.3 is 10.4 Å². The molecule has 1 aromatic heterocycles. The van der Waals surface area contributed by atoms with E-state index in [4.69, 9.17) is 0 Å². The number of amidine groups is 1. The van der Waals surface area contributed by atoms with E-state index in [9.17, 15) is 23.1 Å². The van der Waals surface area contributed by atoms with Gasteiger partial charge in [0.15, 0.2) is 0 Å². The summed E-state index contributed by atoms with van der Waals surface area (Å²) in [6.45, 7) is 6.24. The van der Waals surface area contributed by atoms with E-state index in [1.807, 2.05) is 20.8 Å². The number of aromatic nitrogens is 1. The summed E-state index contributed by atoms with van der Waals surface area (Å²) >= 11 is 0. The zero-order valence-electron chi connectivity index (χ0n) is 19.4. The number of carbonyl (C=O) groups is 1. The maximum Gasteiger partial charge on any atom is 0.416 e. The van der Waals surface area contributed by atoms with Crippen molar-refractivity contribution in [1.29, 1.82) is 0 Å². The van der Waals surface area contributed by atoms with Crippen molar-refractivity contribution in [2.45, 2.75) is 58.4 Å². The molecule has 2 heterocycles. The van der Waals surface area contributed by atoms with Gasteiger partial charge in [0.05, 0.1) is 11.7 Å². The molecule has 0 aromatic carbocycles. The van der Waals surface area contributed by atoms with Gasteiger partial charge in [0.1, 0.15) is 11.9 Å². The van der Waals surface area contributed by atoms with Crippen LogP contribution in [0.3, 0.4) is 0 Å². The number of aliphatic hydroxyl groups excluding tert-OH is 1. The third-order valence-electron chi connectivity index (χ3n) is 5.14. The second-order valence-electron chi connectivity index (χ2n) is 7.33. The molecule has 9 heteroatoms. The molecule has 0 saturated carbocycles. The van der Waals surface area contributed by atoms with Crippen molar-refractivity contribution in [3.63, 3.8) is 0 Å². The zero-order valence-corrected chi connectivity index (χ0v) is 19.4. The number of allylic oxidation sites excluding steroid dienone is 5. The number of amides is 1. The Morgan fingerprint density at radius 3 is 2.64 bits per heavy atom. The molecule has 1 amide bonds. The number of likely N-dealkylation sites (N-methyl/N-ethyl adjacent to an activating group) is 1. The third kappa shape index (κ3) is 6.39. The van der Waals surface area contributed by atoms with Gasteiger partial charge in [-0.3, -0.25) is 19.7 Å². The minimum Gasteiger partial charge on any atom is -0.392 e. The molecule has 33 heavy (non-hydrogen) atoms. The van der Waals surface area contributed by atoms with E-state index >= 15 is 0 Å². The lowest BCUT2D eigenvalue weighted by Crippen LogP contribution is -2.37. The molecule has 2 N–H and O–H groups in total. The molecule has 2 atom stereocenters. The van der Waals surface area contributed by atoms with E-state index in [0.717, 1.165) is 17.7 Å². The number of alkyl halides is 3. The van der Waals surface area contributed by atoms with Crippen molar-refractivity contribution in [1.82, 2.24) is 15.2 Å². The van der Waals surface area contributed by atoms with Crippen LogP contribution in [0, 0.1) is 0 Å². The number of aliphatic imine (C=N–C) groups is 1. The van der Waals surface area contributed by atoms with Crippen LogP contribution in [0.15, 0.2) is 59.0 Å². The fourth-order valence-corrected chi connectivity index (χ4v) is 3.60. The number of aliphatic hydroxyl groups is 1. The molecular weight excluding hydrogens is 433 g/mol. The molecule has 2 aliphatic rings. The summed E-state index contributed by atoms with van der Waals surface area (Å²) in [6, 6.07) is 0.911. The lowest BCUT2D eigenvalue weighted by atomic mass is 10.1. The summed E-state index contributed by atoms with van der Waals surface area (Å²) in [5.74, 6) is -0.0207. The molecule has 2 unspecified atom stereocenters. The van der Waals surface area contributed by atoms with Crippen LogP contribution in [0.25, 0.3) is 0 Å². The lowest BCUT2D eigenvalue weighted by Gasteiger charge is -2.22. The number of rotatable bonds is 7. The first kappa shape index (κ1) is 26.5. The smallest absolute Gasteiger partial charge is 0.392 e. The molecule has 0 fully saturated rings. The number of hydrogen-bond acceptors (Lipinski definition) is 5. The van der Waals surface area contributed by atoms with Gasteiger partial charge in [-0.15, -0.1) is 0 Å². The molecule has 180 valence electrons. The first-order valence-corrected chi connectivity index (χ1v) is 11.1. The van der Waals surface area contributed by atoms with Gasteiger partial charge in [-0.2, -0.15) is 13.2 Å². The number of nitrogens with zero attached hydrogens (tertiary/aromatic N) is 3. The fraction of sp³-hybridized carbons (Fsp3) is 0.458. The number of aryl methyl sites for hydroxylation is 1. The first-order chi connectivity index (χ1) is 15.8. The van der Waals surface area contributed by atoms with Crippen molar-refractivity contribution in [3.8, 4) is 0 Å². The van der Waals surface area contributed by atoms with E-state index in [-0.39, 0.29) is 18.7 Å². The maximum atomic E-state index is 13.3. The molecular formula is C24H31F3N4O2. The summed E-state index contributed by atoms with van der Waals surface area (Å²) in [7, 11) is 1.69. The molecule has 0 saturated heterocycles. The summed E-state index contributed by atoms with van der Waals surface area (Å²) in [5, 5.41) is 13.0. The number of nitrogens with one attached hydrogen (secondary N) is 1. The largest absolute Gasteiger partial charge is 0.416 e. The summed E-state index contributed by atoms with van der Waals surface area (Å²) < 4.78 is 39.4. The predicted molar refractivity (Wildman–Crippen MR) is 123 cm³/mol. The molecule has 6 nitrogen and oxygen atoms in total. The van der Waals surface area contributed by atoms with Gasteiger partial charge >= 0.3 is 6.18 Å². The zero-order chi connectivity index (χ0) is 24.6. The third-order valence-corrected chi connectivity index (χ3v) is 5.14. The van der Waals surface area contributed by atoms with Crippen molar-refractivity contribution in [2.75, 3.05) is 13.6 Å². The molecule has 0 spiro atoms. The van der Waals surface area contributed by atoms with Crippen LogP contribution >= 0.6 is 0 Å². The minimum absolute atomic E-state index is 0.0261. The second-order valence-corrected chi connectivity index (χ2v) is 7.33. The highest BCUT2D eigenvalue weighted by atomic mass is 19.4. The average molecular weight is 465 g/mol. The molecule has 1 aromatic rings. The van der Waals surface area contributed by atoms with Crippen LogP contribution in [-0.2, 0) is 11.2 Å². The van der Waals surface area contributed by atoms with Crippen LogP contribution in [0.2, 0.25) is 0 Å². The summed E-state index contributed by atoms with van der Waals surface area (Å²) in [5.41, 5.74) is 1.12. The van der Waals surface area contributed by atoms with Crippen LogP contribution in [0.5, 0.6) is 0 Å². The van der Waals surface area contributed by atoms with Crippen molar-refractivity contribution >= 4 is 11.7 Å². The van der Waals surface area contributed by atoms with Gasteiger partial charge in [0.2, 0.25) is 0 Å². The molecule has 1 aliphatic carbocycles. The van der Waals surface area contributed by atoms with Crippen LogP contribution in [0.4, 0.5) is 13.2 Å². The Bertz CT molecular complexity index is 951. The van der Waals surface area contributed by atoms with Crippen molar-refractivity contribution < 1.29 is 23.1 Å². The van der Waals surface area contributed by atoms with Crippen molar-refractivity contribution in [3.05, 3.63) is 65.2 Å². The number of hydrogen-bond donors (Lipinski definition) is 2. The van der Waals surface area contributed by atoms with Gasteiger partial charge in [-0.1, -0.05) is 32.9 Å². The summed E-state index contributed by atoms with van der Waals surface area (Å²) in [4.78, 5) is 23.3. The number of pyridine rings is 1. The highest BCUT2D eigenvalue weighted by molar-refractivity contribution is 6.15. The van der Waals surface area contributed by atoms with E-state index < -0.39 is 23.9 Å². The maximum absolute atomic E-state index is 13.3. The van der Waals surface area contributed by atoms with Gasteiger partial charge in [0, 0.05) is 36.6 Å². The Morgan fingerprint density at radius 1 is 1.27 bits per heavy atom. The Kier molecular flexibility index (Phi) is 9.55. The van der Waals surface area contributed by atoms with Gasteiger partial charge in [0.25, 0.3) is 5.91 Å². The molecule has 0 bridgehead atoms. The van der Waals surface area contributed by atoms with E-state index in [2.05, 4.69) is 15.3 Å². The summed E-state index contributed by atoms with van der Waals surface area (Å²) in [6.07, 6.45) is 3.71. The Morgan fingerprint density at radius 2 is 2.00 bits per heavy atom. The van der Waals surface area contributed by atoms with E-state index in [0.29, 0.717) is 30.1 Å². The topological polar surface area (TPSA) is 77.8 Å². The Labute approximate surface area is 192 Å². The van der Waals surface area contributed by atoms with Crippen molar-refractivity contribution in [2.24, 2.45) is 4.99 Å². The monoisotopic (exact) mass is 464 g/mol. The van der Waals surface area contributed by atoms with E-state index in [1.165, 1.54) is 11.0 Å². The molecule has 3 rings (SSSR count). The highest BCUT2D eigenvalue weighted by Crippen LogP contribution is 2.32. The van der Waals surface area contributed by atoms with Gasteiger partial charge in [-0.25, -0.2) is 0 Å². The Hall–Kier alpha value is -2.78. The van der Waals surface area contributed by atoms with Gasteiger partial charge in [-0.05, 0) is 43.7 Å². The second kappa shape index (κ2) is 11.9. The van der Waals surface area contributed by atoms with Crippen LogP contribution in [0.1, 0.15) is 44.7 Å². The normalized spacial score (nSPS) is 19.3. The number of carbonyl (C=O) groups excluding carboxylic acids is 1. The average Bonchev–Trinajstić information content (AvgIpc) is 2.95. The standard InChI is InChI=1S/C22H25F3N4O2.C2H6/c1-3-14-12-27-10-9-18(14)20-28-19(11-17(30)13-26-2)21(31)29(20)16-6-4-5-15(7-8-16)22(23,24)25;1-2/h5-10,12,17,19,26,30H,3-4,11,13H2,1-2H3;1-2H3.